The van der Waals surface area contributed by atoms with E-state index in [2.05, 4.69) is 42.5 Å². The maximum Gasteiger partial charge on any atom is 0.229 e. The van der Waals surface area contributed by atoms with Gasteiger partial charge in [0.2, 0.25) is 5.95 Å². The summed E-state index contributed by atoms with van der Waals surface area (Å²) in [6.45, 7) is 0. The smallest absolute Gasteiger partial charge is 0.229 e. The average molecular weight is 411 g/mol. The van der Waals surface area contributed by atoms with Crippen molar-refractivity contribution in [1.82, 2.24) is 9.97 Å². The van der Waals surface area contributed by atoms with E-state index in [4.69, 9.17) is 11.2 Å². The van der Waals surface area contributed by atoms with Crippen molar-refractivity contribution in [2.45, 2.75) is 0 Å². The molecule has 3 aromatic rings. The van der Waals surface area contributed by atoms with Gasteiger partial charge in [0.15, 0.2) is 11.5 Å². The number of ether oxygens (including phenoxy) is 1. The van der Waals surface area contributed by atoms with Crippen molar-refractivity contribution >= 4 is 39.1 Å². The van der Waals surface area contributed by atoms with Gasteiger partial charge in [-0.25, -0.2) is 4.98 Å². The Morgan fingerprint density at radius 1 is 1.15 bits per heavy atom. The molecule has 0 aliphatic carbocycles. The Balaban J connectivity index is 1.83. The van der Waals surface area contributed by atoms with Gasteiger partial charge in [0.05, 0.1) is 11.6 Å². The lowest BCUT2D eigenvalue weighted by molar-refractivity contribution is 0.373. The van der Waals surface area contributed by atoms with Gasteiger partial charge >= 0.3 is 0 Å². The van der Waals surface area contributed by atoms with Crippen LogP contribution >= 0.6 is 15.9 Å². The lowest BCUT2D eigenvalue weighted by Crippen LogP contribution is -2.01. The SMILES string of the molecule is C#Cc1cccc(Nc2nc(Nc3ccc(OC)c(O)c3)ncc2Br)c1. The molecular formula is C19H15BrN4O2. The summed E-state index contributed by atoms with van der Waals surface area (Å²) in [5.74, 6) is 3.96. The fraction of sp³-hybridized carbons (Fsp3) is 0.0526. The molecule has 130 valence electrons. The highest BCUT2D eigenvalue weighted by Gasteiger charge is 2.08. The van der Waals surface area contributed by atoms with E-state index in [1.54, 1.807) is 18.3 Å². The lowest BCUT2D eigenvalue weighted by atomic mass is 10.2. The molecule has 0 fully saturated rings. The minimum atomic E-state index is 0.0269. The Morgan fingerprint density at radius 2 is 1.96 bits per heavy atom. The molecule has 1 heterocycles. The molecule has 6 nitrogen and oxygen atoms in total. The van der Waals surface area contributed by atoms with Crippen LogP contribution in [0.15, 0.2) is 53.1 Å². The van der Waals surface area contributed by atoms with Crippen molar-refractivity contribution in [2.75, 3.05) is 17.7 Å². The average Bonchev–Trinajstić information content (AvgIpc) is 2.65. The summed E-state index contributed by atoms with van der Waals surface area (Å²) >= 11 is 3.43. The second-order valence-corrected chi connectivity index (χ2v) is 6.11. The van der Waals surface area contributed by atoms with Crippen LogP contribution in [0.4, 0.5) is 23.1 Å². The molecule has 0 amide bonds. The van der Waals surface area contributed by atoms with Gasteiger partial charge in [-0.2, -0.15) is 4.98 Å². The fourth-order valence-electron chi connectivity index (χ4n) is 2.24. The number of phenolic OH excluding ortho intramolecular Hbond substituents is 1. The first-order valence-corrected chi connectivity index (χ1v) is 8.38. The van der Waals surface area contributed by atoms with Crippen LogP contribution in [0.1, 0.15) is 5.56 Å². The molecule has 0 spiro atoms. The highest BCUT2D eigenvalue weighted by Crippen LogP contribution is 2.30. The Hall–Kier alpha value is -3.24. The minimum absolute atomic E-state index is 0.0269. The van der Waals surface area contributed by atoms with Crippen molar-refractivity contribution < 1.29 is 9.84 Å². The van der Waals surface area contributed by atoms with Crippen molar-refractivity contribution in [1.29, 1.82) is 0 Å². The van der Waals surface area contributed by atoms with Gasteiger partial charge in [0.25, 0.3) is 0 Å². The first-order valence-electron chi connectivity index (χ1n) is 7.59. The molecule has 0 saturated carbocycles. The topological polar surface area (TPSA) is 79.3 Å². The number of anilines is 4. The van der Waals surface area contributed by atoms with Gasteiger partial charge in [-0.15, -0.1) is 6.42 Å². The molecule has 0 bridgehead atoms. The molecule has 0 saturated heterocycles. The van der Waals surface area contributed by atoms with E-state index in [0.717, 1.165) is 11.3 Å². The largest absolute Gasteiger partial charge is 0.504 e. The van der Waals surface area contributed by atoms with Gasteiger partial charge in [0.1, 0.15) is 5.82 Å². The number of hydrogen-bond acceptors (Lipinski definition) is 6. The standard InChI is InChI=1S/C19H15BrN4O2/c1-3-12-5-4-6-13(9-12)22-18-15(20)11-21-19(24-18)23-14-7-8-17(26-2)16(25)10-14/h1,4-11,25H,2H3,(H2,21,22,23,24). The predicted molar refractivity (Wildman–Crippen MR) is 105 cm³/mol. The normalized spacial score (nSPS) is 10.0. The zero-order valence-electron chi connectivity index (χ0n) is 13.8. The van der Waals surface area contributed by atoms with Crippen LogP contribution in [0, 0.1) is 12.3 Å². The molecule has 7 heteroatoms. The van der Waals surface area contributed by atoms with Gasteiger partial charge in [-0.05, 0) is 46.3 Å². The molecule has 1 aromatic heterocycles. The lowest BCUT2D eigenvalue weighted by Gasteiger charge is -2.11. The molecule has 0 radical (unpaired) electrons. The first kappa shape index (κ1) is 17.6. The number of terminal acetylenes is 1. The van der Waals surface area contributed by atoms with Crippen LogP contribution in [-0.4, -0.2) is 22.2 Å². The maximum absolute atomic E-state index is 9.87. The highest BCUT2D eigenvalue weighted by atomic mass is 79.9. The quantitative estimate of drug-likeness (QED) is 0.540. The van der Waals surface area contributed by atoms with Crippen molar-refractivity contribution in [3.63, 3.8) is 0 Å². The summed E-state index contributed by atoms with van der Waals surface area (Å²) in [6.07, 6.45) is 7.06. The highest BCUT2D eigenvalue weighted by molar-refractivity contribution is 9.10. The van der Waals surface area contributed by atoms with Crippen LogP contribution in [-0.2, 0) is 0 Å². The minimum Gasteiger partial charge on any atom is -0.504 e. The van der Waals surface area contributed by atoms with Crippen LogP contribution < -0.4 is 15.4 Å². The number of nitrogens with one attached hydrogen (secondary N) is 2. The summed E-state index contributed by atoms with van der Waals surface area (Å²) in [7, 11) is 1.49. The van der Waals surface area contributed by atoms with Crippen LogP contribution in [0.5, 0.6) is 11.5 Å². The number of halogens is 1. The summed E-state index contributed by atoms with van der Waals surface area (Å²) in [6, 6.07) is 12.4. The van der Waals surface area contributed by atoms with E-state index in [1.165, 1.54) is 13.2 Å². The third-order valence-corrected chi connectivity index (χ3v) is 4.05. The Kier molecular flexibility index (Phi) is 5.25. The van der Waals surface area contributed by atoms with Crippen molar-refractivity contribution in [2.24, 2.45) is 0 Å². The molecule has 0 unspecified atom stereocenters. The Morgan fingerprint density at radius 3 is 2.69 bits per heavy atom. The summed E-state index contributed by atoms with van der Waals surface area (Å²) in [5.41, 5.74) is 2.21. The van der Waals surface area contributed by atoms with Gasteiger partial charge in [-0.1, -0.05) is 12.0 Å². The number of phenols is 1. The number of hydrogen-bond donors (Lipinski definition) is 3. The number of aromatic hydroxyl groups is 1. The van der Waals surface area contributed by atoms with Crippen molar-refractivity contribution in [3.05, 3.63) is 58.7 Å². The molecule has 2 aromatic carbocycles. The van der Waals surface area contributed by atoms with Gasteiger partial charge in [-0.3, -0.25) is 0 Å². The van der Waals surface area contributed by atoms with Crippen LogP contribution in [0.25, 0.3) is 0 Å². The van der Waals surface area contributed by atoms with E-state index < -0.39 is 0 Å². The molecule has 0 atom stereocenters. The molecule has 0 aliphatic rings. The van der Waals surface area contributed by atoms with E-state index in [9.17, 15) is 5.11 Å². The molecule has 3 rings (SSSR count). The molecular weight excluding hydrogens is 396 g/mol. The van der Waals surface area contributed by atoms with Gasteiger partial charge in [0, 0.05) is 29.2 Å². The summed E-state index contributed by atoms with van der Waals surface area (Å²) in [4.78, 5) is 8.67. The number of methoxy groups -OCH3 is 1. The molecule has 3 N–H and O–H groups in total. The van der Waals surface area contributed by atoms with E-state index in [1.807, 2.05) is 24.3 Å². The van der Waals surface area contributed by atoms with E-state index >= 15 is 0 Å². The first-order chi connectivity index (χ1) is 12.6. The fourth-order valence-corrected chi connectivity index (χ4v) is 2.53. The third kappa shape index (κ3) is 4.05. The van der Waals surface area contributed by atoms with E-state index in [-0.39, 0.29) is 5.75 Å². The number of aromatic nitrogens is 2. The number of rotatable bonds is 5. The Bertz CT molecular complexity index is 986. The summed E-state index contributed by atoms with van der Waals surface area (Å²) < 4.78 is 5.73. The Labute approximate surface area is 159 Å². The monoisotopic (exact) mass is 410 g/mol. The van der Waals surface area contributed by atoms with Crippen LogP contribution in [0.2, 0.25) is 0 Å². The zero-order valence-corrected chi connectivity index (χ0v) is 15.4. The van der Waals surface area contributed by atoms with Gasteiger partial charge < -0.3 is 20.5 Å². The number of benzene rings is 2. The summed E-state index contributed by atoms with van der Waals surface area (Å²) in [5, 5.41) is 16.1. The molecule has 0 aliphatic heterocycles. The van der Waals surface area contributed by atoms with Crippen molar-refractivity contribution in [3.8, 4) is 23.8 Å². The van der Waals surface area contributed by atoms with Crippen LogP contribution in [0.3, 0.4) is 0 Å². The number of nitrogens with zero attached hydrogens (tertiary/aromatic N) is 2. The second kappa shape index (κ2) is 7.76. The zero-order chi connectivity index (χ0) is 18.5. The van der Waals surface area contributed by atoms with E-state index in [0.29, 0.717) is 27.7 Å². The second-order valence-electron chi connectivity index (χ2n) is 5.25. The predicted octanol–water partition coefficient (Wildman–Crippen LogP) is 4.42. The maximum atomic E-state index is 9.87. The molecule has 26 heavy (non-hydrogen) atoms. The third-order valence-electron chi connectivity index (χ3n) is 3.47.